The van der Waals surface area contributed by atoms with Crippen LogP contribution in [0.25, 0.3) is 0 Å². The molecule has 0 aliphatic carbocycles. The zero-order chi connectivity index (χ0) is 14.5. The Labute approximate surface area is 120 Å². The van der Waals surface area contributed by atoms with E-state index in [1.54, 1.807) is 11.8 Å². The van der Waals surface area contributed by atoms with Crippen LogP contribution in [0.1, 0.15) is 27.2 Å². The lowest BCUT2D eigenvalue weighted by Gasteiger charge is -2.24. The van der Waals surface area contributed by atoms with Crippen LogP contribution >= 0.6 is 11.8 Å². The van der Waals surface area contributed by atoms with E-state index in [-0.39, 0.29) is 17.2 Å². The maximum Gasteiger partial charge on any atom is 0.228 e. The molecule has 0 heterocycles. The monoisotopic (exact) mass is 280 g/mol. The molecule has 1 aromatic carbocycles. The highest BCUT2D eigenvalue weighted by Gasteiger charge is 2.23. The maximum absolute atomic E-state index is 12.2. The van der Waals surface area contributed by atoms with Crippen LogP contribution in [-0.4, -0.2) is 18.7 Å². The van der Waals surface area contributed by atoms with E-state index < -0.39 is 0 Å². The predicted octanol–water partition coefficient (Wildman–Crippen LogP) is 3.36. The van der Waals surface area contributed by atoms with Crippen molar-refractivity contribution in [3.63, 3.8) is 0 Å². The summed E-state index contributed by atoms with van der Waals surface area (Å²) in [6.07, 6.45) is 2.81. The van der Waals surface area contributed by atoms with Crippen LogP contribution in [0, 0.1) is 11.3 Å². The summed E-state index contributed by atoms with van der Waals surface area (Å²) in [5.41, 5.74) is 6.66. The summed E-state index contributed by atoms with van der Waals surface area (Å²) in [5, 5.41) is 2.96. The number of rotatable bonds is 5. The highest BCUT2D eigenvalue weighted by Crippen LogP contribution is 2.25. The summed E-state index contributed by atoms with van der Waals surface area (Å²) in [5.74, 6) is -0.131. The van der Waals surface area contributed by atoms with Gasteiger partial charge in [-0.15, -0.1) is 11.8 Å². The SMILES string of the molecule is CSc1cccc(NC(=O)C(CN)CC(C)(C)C)c1. The Morgan fingerprint density at radius 3 is 2.63 bits per heavy atom. The van der Waals surface area contributed by atoms with Crippen molar-refractivity contribution < 1.29 is 4.79 Å². The molecule has 0 aromatic heterocycles. The molecule has 0 radical (unpaired) electrons. The predicted molar refractivity (Wildman–Crippen MR) is 83.5 cm³/mol. The Balaban J connectivity index is 2.71. The fourth-order valence-electron chi connectivity index (χ4n) is 1.97. The Kier molecular flexibility index (Phi) is 5.88. The van der Waals surface area contributed by atoms with Crippen LogP contribution in [0.2, 0.25) is 0 Å². The van der Waals surface area contributed by atoms with Gasteiger partial charge in [-0.2, -0.15) is 0 Å². The summed E-state index contributed by atoms with van der Waals surface area (Å²) >= 11 is 1.66. The van der Waals surface area contributed by atoms with Gasteiger partial charge in [-0.05, 0) is 36.3 Å². The Bertz CT molecular complexity index is 426. The van der Waals surface area contributed by atoms with Crippen LogP contribution in [0.4, 0.5) is 5.69 Å². The van der Waals surface area contributed by atoms with Crippen molar-refractivity contribution in [3.8, 4) is 0 Å². The first-order valence-corrected chi connectivity index (χ1v) is 7.73. The lowest BCUT2D eigenvalue weighted by atomic mass is 9.84. The van der Waals surface area contributed by atoms with Gasteiger partial charge in [-0.1, -0.05) is 26.8 Å². The molecule has 0 bridgehead atoms. The first-order chi connectivity index (χ1) is 8.85. The number of thioether (sulfide) groups is 1. The molecule has 19 heavy (non-hydrogen) atoms. The highest BCUT2D eigenvalue weighted by atomic mass is 32.2. The molecule has 0 saturated carbocycles. The molecule has 1 atom stereocenters. The van der Waals surface area contributed by atoms with Gasteiger partial charge in [0.15, 0.2) is 0 Å². The smallest absolute Gasteiger partial charge is 0.228 e. The van der Waals surface area contributed by atoms with Gasteiger partial charge in [0, 0.05) is 17.1 Å². The quantitative estimate of drug-likeness (QED) is 0.813. The summed E-state index contributed by atoms with van der Waals surface area (Å²) in [6.45, 7) is 6.75. The molecule has 0 aliphatic heterocycles. The van der Waals surface area contributed by atoms with Crippen molar-refractivity contribution in [1.29, 1.82) is 0 Å². The zero-order valence-electron chi connectivity index (χ0n) is 12.2. The molecule has 0 spiro atoms. The summed E-state index contributed by atoms with van der Waals surface area (Å²) in [4.78, 5) is 13.4. The Morgan fingerprint density at radius 2 is 2.11 bits per heavy atom. The molecule has 1 aromatic rings. The average molecular weight is 280 g/mol. The van der Waals surface area contributed by atoms with Crippen LogP contribution in [-0.2, 0) is 4.79 Å². The van der Waals surface area contributed by atoms with E-state index in [0.29, 0.717) is 6.54 Å². The van der Waals surface area contributed by atoms with Gasteiger partial charge in [-0.25, -0.2) is 0 Å². The van der Waals surface area contributed by atoms with Gasteiger partial charge in [0.05, 0.1) is 5.92 Å². The summed E-state index contributed by atoms with van der Waals surface area (Å²) < 4.78 is 0. The van der Waals surface area contributed by atoms with Crippen molar-refractivity contribution in [2.45, 2.75) is 32.1 Å². The molecular weight excluding hydrogens is 256 g/mol. The average Bonchev–Trinajstić information content (AvgIpc) is 2.35. The van der Waals surface area contributed by atoms with E-state index in [4.69, 9.17) is 5.73 Å². The topological polar surface area (TPSA) is 55.1 Å². The van der Waals surface area contributed by atoms with Gasteiger partial charge in [0.25, 0.3) is 0 Å². The zero-order valence-corrected chi connectivity index (χ0v) is 13.0. The van der Waals surface area contributed by atoms with Gasteiger partial charge in [0.2, 0.25) is 5.91 Å². The van der Waals surface area contributed by atoms with Crippen LogP contribution < -0.4 is 11.1 Å². The van der Waals surface area contributed by atoms with Crippen molar-refractivity contribution in [2.75, 3.05) is 18.1 Å². The third-order valence-electron chi connectivity index (χ3n) is 2.85. The molecule has 0 fully saturated rings. The van der Waals surface area contributed by atoms with E-state index in [2.05, 4.69) is 26.1 Å². The number of nitrogens with one attached hydrogen (secondary N) is 1. The van der Waals surface area contributed by atoms with Crippen LogP contribution in [0.5, 0.6) is 0 Å². The Morgan fingerprint density at radius 1 is 1.42 bits per heavy atom. The standard InChI is InChI=1S/C15H24N2OS/c1-15(2,3)9-11(10-16)14(18)17-12-6-5-7-13(8-12)19-4/h5-8,11H,9-10,16H2,1-4H3,(H,17,18). The largest absolute Gasteiger partial charge is 0.330 e. The first-order valence-electron chi connectivity index (χ1n) is 6.50. The van der Waals surface area contributed by atoms with E-state index in [9.17, 15) is 4.79 Å². The number of hydrogen-bond acceptors (Lipinski definition) is 3. The van der Waals surface area contributed by atoms with Gasteiger partial charge >= 0.3 is 0 Å². The summed E-state index contributed by atoms with van der Waals surface area (Å²) in [7, 11) is 0. The number of amides is 1. The van der Waals surface area contributed by atoms with E-state index >= 15 is 0 Å². The van der Waals surface area contributed by atoms with Crippen molar-refractivity contribution in [1.82, 2.24) is 0 Å². The number of anilines is 1. The molecule has 1 amide bonds. The molecule has 3 nitrogen and oxygen atoms in total. The minimum Gasteiger partial charge on any atom is -0.330 e. The normalized spacial score (nSPS) is 13.1. The third kappa shape index (κ3) is 5.66. The van der Waals surface area contributed by atoms with E-state index in [1.165, 1.54) is 0 Å². The number of benzene rings is 1. The fourth-order valence-corrected chi connectivity index (χ4v) is 2.43. The van der Waals surface area contributed by atoms with Gasteiger partial charge in [0.1, 0.15) is 0 Å². The minimum atomic E-state index is -0.141. The van der Waals surface area contributed by atoms with E-state index in [0.717, 1.165) is 17.0 Å². The Hall–Kier alpha value is -1.00. The number of hydrogen-bond donors (Lipinski definition) is 2. The molecule has 1 rings (SSSR count). The molecule has 1 unspecified atom stereocenters. The second kappa shape index (κ2) is 6.96. The number of carbonyl (C=O) groups excluding carboxylic acids is 1. The van der Waals surface area contributed by atoms with E-state index in [1.807, 2.05) is 30.5 Å². The minimum absolute atomic E-state index is 0.00989. The second-order valence-electron chi connectivity index (χ2n) is 5.92. The lowest BCUT2D eigenvalue weighted by molar-refractivity contribution is -0.120. The van der Waals surface area contributed by atoms with Crippen molar-refractivity contribution in [3.05, 3.63) is 24.3 Å². The molecule has 0 aliphatic rings. The highest BCUT2D eigenvalue weighted by molar-refractivity contribution is 7.98. The lowest BCUT2D eigenvalue weighted by Crippen LogP contribution is -2.32. The first kappa shape index (κ1) is 16.1. The van der Waals surface area contributed by atoms with Crippen molar-refractivity contribution >= 4 is 23.4 Å². The molecule has 0 saturated heterocycles. The maximum atomic E-state index is 12.2. The second-order valence-corrected chi connectivity index (χ2v) is 6.80. The fraction of sp³-hybridized carbons (Fsp3) is 0.533. The summed E-state index contributed by atoms with van der Waals surface area (Å²) in [6, 6.07) is 7.86. The number of nitrogens with two attached hydrogens (primary N) is 1. The van der Waals surface area contributed by atoms with Gasteiger partial charge in [-0.3, -0.25) is 4.79 Å². The van der Waals surface area contributed by atoms with Crippen molar-refractivity contribution in [2.24, 2.45) is 17.1 Å². The molecule has 3 N–H and O–H groups in total. The van der Waals surface area contributed by atoms with Gasteiger partial charge < -0.3 is 11.1 Å². The molecular formula is C15H24N2OS. The third-order valence-corrected chi connectivity index (χ3v) is 3.58. The van der Waals surface area contributed by atoms with Crippen LogP contribution in [0.3, 0.4) is 0 Å². The van der Waals surface area contributed by atoms with Crippen LogP contribution in [0.15, 0.2) is 29.2 Å². The number of carbonyl (C=O) groups is 1. The molecule has 106 valence electrons. The molecule has 4 heteroatoms.